The quantitative estimate of drug-likeness (QED) is 0.693. The van der Waals surface area contributed by atoms with Crippen LogP contribution in [0.1, 0.15) is 19.4 Å². The van der Waals surface area contributed by atoms with Crippen LogP contribution in [-0.4, -0.2) is 12.1 Å². The van der Waals surface area contributed by atoms with Crippen molar-refractivity contribution in [1.82, 2.24) is 4.98 Å². The number of aryl methyl sites for hydroxylation is 1. The molecule has 2 nitrogen and oxygen atoms in total. The molecule has 3 heteroatoms. The number of methoxy groups -OCH3 is 1. The molecule has 0 aliphatic heterocycles. The molecule has 1 aromatic heterocycles. The van der Waals surface area contributed by atoms with Gasteiger partial charge in [0.05, 0.1) is 13.3 Å². The molecule has 0 atom stereocenters. The number of pyridine rings is 1. The minimum absolute atomic E-state index is 0.822. The highest BCUT2D eigenvalue weighted by Gasteiger charge is 1.97. The zero-order chi connectivity index (χ0) is 9.56. The van der Waals surface area contributed by atoms with Crippen molar-refractivity contribution in [3.8, 4) is 5.75 Å². The lowest BCUT2D eigenvalue weighted by Crippen LogP contribution is -1.87. The fraction of sp³-hybridized carbons (Fsp3) is 0.444. The van der Waals surface area contributed by atoms with Gasteiger partial charge in [-0.1, -0.05) is 13.8 Å². The Morgan fingerprint density at radius 3 is 2.42 bits per heavy atom. The number of hydrogen-bond acceptors (Lipinski definition) is 2. The van der Waals surface area contributed by atoms with Crippen molar-refractivity contribution in [1.29, 1.82) is 0 Å². The second-order valence-corrected chi connectivity index (χ2v) is 2.79. The molecule has 0 aliphatic carbocycles. The van der Waals surface area contributed by atoms with Gasteiger partial charge in [0.25, 0.3) is 0 Å². The summed E-state index contributed by atoms with van der Waals surface area (Å²) in [4.78, 5) is 4.00. The molecule has 0 fully saturated rings. The van der Waals surface area contributed by atoms with E-state index in [2.05, 4.69) is 20.9 Å². The zero-order valence-corrected chi connectivity index (χ0v) is 9.47. The van der Waals surface area contributed by atoms with Crippen molar-refractivity contribution in [2.24, 2.45) is 0 Å². The number of rotatable bonds is 1. The Bertz CT molecular complexity index is 238. The van der Waals surface area contributed by atoms with Crippen LogP contribution < -0.4 is 4.74 Å². The maximum Gasteiger partial charge on any atom is 0.140 e. The maximum absolute atomic E-state index is 5.02. The monoisotopic (exact) mass is 231 g/mol. The first-order chi connectivity index (χ1) is 5.74. The fourth-order valence-electron chi connectivity index (χ4n) is 0.723. The van der Waals surface area contributed by atoms with E-state index in [4.69, 9.17) is 4.74 Å². The van der Waals surface area contributed by atoms with Crippen molar-refractivity contribution >= 4 is 15.9 Å². The molecular formula is C9H14BrNO. The van der Waals surface area contributed by atoms with E-state index in [1.54, 1.807) is 13.3 Å². The van der Waals surface area contributed by atoms with Crippen molar-refractivity contribution in [3.63, 3.8) is 0 Å². The van der Waals surface area contributed by atoms with Gasteiger partial charge < -0.3 is 4.74 Å². The Hall–Kier alpha value is -0.570. The van der Waals surface area contributed by atoms with Gasteiger partial charge in [-0.2, -0.15) is 0 Å². The number of aromatic nitrogens is 1. The third-order valence-electron chi connectivity index (χ3n) is 1.25. The van der Waals surface area contributed by atoms with E-state index < -0.39 is 0 Å². The SMILES string of the molecule is CC.COc1cnc(Br)cc1C. The van der Waals surface area contributed by atoms with Crippen molar-refractivity contribution in [2.45, 2.75) is 20.8 Å². The van der Waals surface area contributed by atoms with Gasteiger partial charge in [0.15, 0.2) is 0 Å². The van der Waals surface area contributed by atoms with E-state index in [0.29, 0.717) is 0 Å². The highest BCUT2D eigenvalue weighted by Crippen LogP contribution is 2.18. The smallest absolute Gasteiger partial charge is 0.140 e. The summed E-state index contributed by atoms with van der Waals surface area (Å²) >= 11 is 3.26. The first kappa shape index (κ1) is 11.4. The number of hydrogen-bond donors (Lipinski definition) is 0. The summed E-state index contributed by atoms with van der Waals surface area (Å²) in [5.41, 5.74) is 1.09. The Balaban J connectivity index is 0.000000561. The molecule has 68 valence electrons. The van der Waals surface area contributed by atoms with Gasteiger partial charge in [0.1, 0.15) is 10.4 Å². The van der Waals surface area contributed by atoms with Crippen LogP contribution in [0.5, 0.6) is 5.75 Å². The molecule has 1 heterocycles. The molecule has 0 unspecified atom stereocenters. The summed E-state index contributed by atoms with van der Waals surface area (Å²) < 4.78 is 5.86. The lowest BCUT2D eigenvalue weighted by atomic mass is 10.3. The third-order valence-corrected chi connectivity index (χ3v) is 1.68. The Morgan fingerprint density at radius 2 is 2.00 bits per heavy atom. The molecule has 1 rings (SSSR count). The largest absolute Gasteiger partial charge is 0.495 e. The highest BCUT2D eigenvalue weighted by molar-refractivity contribution is 9.10. The Kier molecular flexibility index (Phi) is 5.72. The zero-order valence-electron chi connectivity index (χ0n) is 7.89. The Morgan fingerprint density at radius 1 is 1.42 bits per heavy atom. The van der Waals surface area contributed by atoms with E-state index >= 15 is 0 Å². The van der Waals surface area contributed by atoms with Gasteiger partial charge in [-0.3, -0.25) is 0 Å². The van der Waals surface area contributed by atoms with Crippen LogP contribution >= 0.6 is 15.9 Å². The predicted molar refractivity (Wildman–Crippen MR) is 54.6 cm³/mol. The van der Waals surface area contributed by atoms with E-state index in [-0.39, 0.29) is 0 Å². The first-order valence-electron chi connectivity index (χ1n) is 3.90. The van der Waals surface area contributed by atoms with Crippen LogP contribution in [-0.2, 0) is 0 Å². The molecule has 12 heavy (non-hydrogen) atoms. The summed E-state index contributed by atoms with van der Waals surface area (Å²) in [5, 5.41) is 0. The average Bonchev–Trinajstić information content (AvgIpc) is 2.08. The molecule has 0 saturated heterocycles. The number of ether oxygens (including phenoxy) is 1. The van der Waals surface area contributed by atoms with Crippen LogP contribution in [0.25, 0.3) is 0 Å². The summed E-state index contributed by atoms with van der Waals surface area (Å²) in [6, 6.07) is 1.92. The van der Waals surface area contributed by atoms with Gasteiger partial charge in [-0.15, -0.1) is 0 Å². The summed E-state index contributed by atoms with van der Waals surface area (Å²) in [6.07, 6.45) is 1.69. The molecule has 0 bridgehead atoms. The second kappa shape index (κ2) is 6.00. The fourth-order valence-corrected chi connectivity index (χ4v) is 1.17. The van der Waals surface area contributed by atoms with Gasteiger partial charge >= 0.3 is 0 Å². The molecule has 1 aromatic rings. The first-order valence-corrected chi connectivity index (χ1v) is 4.69. The van der Waals surface area contributed by atoms with Crippen LogP contribution in [0.4, 0.5) is 0 Å². The van der Waals surface area contributed by atoms with Gasteiger partial charge in [-0.25, -0.2) is 4.98 Å². The van der Waals surface area contributed by atoms with Gasteiger partial charge in [0.2, 0.25) is 0 Å². The maximum atomic E-state index is 5.02. The molecule has 0 spiro atoms. The minimum atomic E-state index is 0.822. The summed E-state index contributed by atoms with van der Waals surface area (Å²) in [5.74, 6) is 0.822. The van der Waals surface area contributed by atoms with Crippen LogP contribution in [0, 0.1) is 6.92 Å². The molecule has 0 N–H and O–H groups in total. The van der Waals surface area contributed by atoms with Gasteiger partial charge in [0, 0.05) is 0 Å². The molecular weight excluding hydrogens is 218 g/mol. The van der Waals surface area contributed by atoms with Crippen molar-refractivity contribution < 1.29 is 4.74 Å². The number of nitrogens with zero attached hydrogens (tertiary/aromatic N) is 1. The molecule has 0 aliphatic rings. The normalized spacial score (nSPS) is 8.42. The predicted octanol–water partition coefficient (Wildman–Crippen LogP) is 3.19. The number of halogens is 1. The van der Waals surface area contributed by atoms with Crippen LogP contribution in [0.15, 0.2) is 16.9 Å². The van der Waals surface area contributed by atoms with Crippen molar-refractivity contribution in [3.05, 3.63) is 22.4 Å². The summed E-state index contributed by atoms with van der Waals surface area (Å²) in [6.45, 7) is 5.98. The minimum Gasteiger partial charge on any atom is -0.495 e. The van der Waals surface area contributed by atoms with Gasteiger partial charge in [-0.05, 0) is 34.5 Å². The topological polar surface area (TPSA) is 22.1 Å². The lowest BCUT2D eigenvalue weighted by Gasteiger charge is -2.01. The highest BCUT2D eigenvalue weighted by atomic mass is 79.9. The van der Waals surface area contributed by atoms with E-state index in [1.807, 2.05) is 26.8 Å². The van der Waals surface area contributed by atoms with Crippen LogP contribution in [0.2, 0.25) is 0 Å². The second-order valence-electron chi connectivity index (χ2n) is 1.98. The van der Waals surface area contributed by atoms with Crippen molar-refractivity contribution in [2.75, 3.05) is 7.11 Å². The lowest BCUT2D eigenvalue weighted by molar-refractivity contribution is 0.409. The average molecular weight is 232 g/mol. The third kappa shape index (κ3) is 3.22. The molecule has 0 radical (unpaired) electrons. The summed E-state index contributed by atoms with van der Waals surface area (Å²) in [7, 11) is 1.64. The molecule has 0 saturated carbocycles. The van der Waals surface area contributed by atoms with E-state index in [0.717, 1.165) is 15.9 Å². The van der Waals surface area contributed by atoms with Crippen LogP contribution in [0.3, 0.4) is 0 Å². The van der Waals surface area contributed by atoms with E-state index in [1.165, 1.54) is 0 Å². The Labute approximate surface area is 82.1 Å². The molecule has 0 amide bonds. The molecule has 0 aromatic carbocycles. The standard InChI is InChI=1S/C7H8BrNO.C2H6/c1-5-3-7(8)9-4-6(5)10-2;1-2/h3-4H,1-2H3;1-2H3. The van der Waals surface area contributed by atoms with E-state index in [9.17, 15) is 0 Å².